The molecule has 2 rings (SSSR count). The van der Waals surface area contributed by atoms with E-state index in [2.05, 4.69) is 9.47 Å². The Morgan fingerprint density at radius 1 is 1.04 bits per heavy atom. The zero-order valence-corrected chi connectivity index (χ0v) is 14.2. The molecule has 126 valence electrons. The van der Waals surface area contributed by atoms with Crippen molar-refractivity contribution in [2.24, 2.45) is 0 Å². The third-order valence-corrected chi connectivity index (χ3v) is 3.84. The van der Waals surface area contributed by atoms with Crippen LogP contribution in [0.2, 0.25) is 0 Å². The van der Waals surface area contributed by atoms with Crippen molar-refractivity contribution in [3.05, 3.63) is 29.8 Å². The number of amides is 1. The van der Waals surface area contributed by atoms with E-state index in [4.69, 9.17) is 0 Å². The molecule has 0 aromatic heterocycles. The molecule has 0 atom stereocenters. The number of nitrogens with zero attached hydrogens (tertiary/aromatic N) is 1. The Labute approximate surface area is 136 Å². The molecule has 0 fully saturated rings. The second-order valence-electron chi connectivity index (χ2n) is 4.97. The van der Waals surface area contributed by atoms with Gasteiger partial charge in [0, 0.05) is 12.7 Å². The van der Waals surface area contributed by atoms with Crippen LogP contribution in [0.1, 0.15) is 32.3 Å². The van der Waals surface area contributed by atoms with Gasteiger partial charge in [-0.2, -0.15) is 0 Å². The normalized spacial score (nSPS) is 14.5. The predicted octanol–water partition coefficient (Wildman–Crippen LogP) is 2.05. The van der Waals surface area contributed by atoms with Crippen molar-refractivity contribution in [1.29, 1.82) is 0 Å². The van der Waals surface area contributed by atoms with Gasteiger partial charge in [0.05, 0.1) is 32.5 Å². The molecule has 0 saturated carbocycles. The Kier molecular flexibility index (Phi) is 6.30. The highest BCUT2D eigenvalue weighted by atomic mass is 16.5. The summed E-state index contributed by atoms with van der Waals surface area (Å²) in [5.41, 5.74) is 0.0783. The number of carbonyl (C=O) groups excluding carboxylic acids is 3. The Bertz CT molecular complexity index is 578. The van der Waals surface area contributed by atoms with E-state index in [-0.39, 0.29) is 18.7 Å². The number of rotatable bonds is 4. The van der Waals surface area contributed by atoms with Crippen LogP contribution in [0.3, 0.4) is 0 Å². The zero-order valence-electron chi connectivity index (χ0n) is 14.2. The predicted molar refractivity (Wildman–Crippen MR) is 86.1 cm³/mol. The van der Waals surface area contributed by atoms with Crippen LogP contribution in [0.25, 0.3) is 0 Å². The average Bonchev–Trinajstić information content (AvgIpc) is 2.79. The van der Waals surface area contributed by atoms with Gasteiger partial charge >= 0.3 is 11.9 Å². The van der Waals surface area contributed by atoms with Gasteiger partial charge in [0.2, 0.25) is 5.91 Å². The molecular formula is C17H23NO5. The maximum absolute atomic E-state index is 12.7. The first-order chi connectivity index (χ1) is 11.0. The van der Waals surface area contributed by atoms with E-state index in [1.807, 2.05) is 13.8 Å². The molecule has 0 bridgehead atoms. The van der Waals surface area contributed by atoms with E-state index in [1.54, 1.807) is 31.3 Å². The van der Waals surface area contributed by atoms with Crippen LogP contribution >= 0.6 is 0 Å². The highest BCUT2D eigenvalue weighted by molar-refractivity contribution is 6.11. The Balaban J connectivity index is 0.00000127. The van der Waals surface area contributed by atoms with Gasteiger partial charge in [-0.15, -0.1) is 0 Å². The van der Waals surface area contributed by atoms with Gasteiger partial charge in [-0.3, -0.25) is 14.4 Å². The maximum atomic E-state index is 12.7. The molecule has 1 aromatic rings. The first-order valence-corrected chi connectivity index (χ1v) is 7.47. The SMILES string of the molecule is CC.COC(=O)CC1(CC(=O)OC)C(=O)N(C)c2ccccc21. The number of methoxy groups -OCH3 is 2. The number of hydrogen-bond acceptors (Lipinski definition) is 5. The van der Waals surface area contributed by atoms with Crippen molar-refractivity contribution in [2.75, 3.05) is 26.2 Å². The lowest BCUT2D eigenvalue weighted by atomic mass is 9.76. The summed E-state index contributed by atoms with van der Waals surface area (Å²) in [6, 6.07) is 7.11. The topological polar surface area (TPSA) is 72.9 Å². The number of likely N-dealkylation sites (N-methyl/N-ethyl adjacent to an activating group) is 1. The second kappa shape index (κ2) is 7.76. The van der Waals surface area contributed by atoms with Crippen molar-refractivity contribution >= 4 is 23.5 Å². The zero-order chi connectivity index (χ0) is 17.6. The summed E-state index contributed by atoms with van der Waals surface area (Å²) in [4.78, 5) is 37.7. The fraction of sp³-hybridized carbons (Fsp3) is 0.471. The van der Waals surface area contributed by atoms with E-state index in [9.17, 15) is 14.4 Å². The number of para-hydroxylation sites is 1. The fourth-order valence-electron chi connectivity index (χ4n) is 2.76. The van der Waals surface area contributed by atoms with Crippen LogP contribution in [-0.4, -0.2) is 39.1 Å². The smallest absolute Gasteiger partial charge is 0.306 e. The van der Waals surface area contributed by atoms with Crippen LogP contribution in [0.4, 0.5) is 5.69 Å². The van der Waals surface area contributed by atoms with E-state index in [0.29, 0.717) is 11.3 Å². The van der Waals surface area contributed by atoms with Crippen molar-refractivity contribution in [1.82, 2.24) is 0 Å². The summed E-state index contributed by atoms with van der Waals surface area (Å²) in [5.74, 6) is -1.39. The van der Waals surface area contributed by atoms with E-state index in [1.165, 1.54) is 19.1 Å². The molecule has 0 spiro atoms. The standard InChI is InChI=1S/C15H17NO5.C2H6/c1-16-11-7-5-4-6-10(11)15(14(16)19,8-12(17)20-2)9-13(18)21-3;1-2/h4-7H,8-9H2,1-3H3;1-2H3. The first-order valence-electron chi connectivity index (χ1n) is 7.47. The van der Waals surface area contributed by atoms with E-state index in [0.717, 1.165) is 0 Å². The monoisotopic (exact) mass is 321 g/mol. The molecule has 1 aliphatic rings. The molecule has 0 saturated heterocycles. The molecule has 1 amide bonds. The van der Waals surface area contributed by atoms with E-state index < -0.39 is 17.4 Å². The summed E-state index contributed by atoms with van der Waals surface area (Å²) in [7, 11) is 4.13. The molecule has 0 radical (unpaired) electrons. The lowest BCUT2D eigenvalue weighted by Gasteiger charge is -2.25. The third kappa shape index (κ3) is 3.36. The van der Waals surface area contributed by atoms with Crippen LogP contribution in [0.15, 0.2) is 24.3 Å². The number of anilines is 1. The number of hydrogen-bond donors (Lipinski definition) is 0. The molecule has 1 aromatic carbocycles. The van der Waals surface area contributed by atoms with Gasteiger partial charge in [-0.25, -0.2) is 0 Å². The Hall–Kier alpha value is -2.37. The number of ether oxygens (including phenoxy) is 2. The number of carbonyl (C=O) groups is 3. The highest BCUT2D eigenvalue weighted by Gasteiger charge is 2.52. The Morgan fingerprint density at radius 3 is 2.00 bits per heavy atom. The number of esters is 2. The summed E-state index contributed by atoms with van der Waals surface area (Å²) < 4.78 is 9.38. The highest BCUT2D eigenvalue weighted by Crippen LogP contribution is 2.45. The van der Waals surface area contributed by atoms with Gasteiger partial charge in [0.25, 0.3) is 0 Å². The van der Waals surface area contributed by atoms with Crippen LogP contribution in [0, 0.1) is 0 Å². The summed E-state index contributed by atoms with van der Waals surface area (Å²) >= 11 is 0. The number of benzene rings is 1. The third-order valence-electron chi connectivity index (χ3n) is 3.84. The van der Waals surface area contributed by atoms with Crippen LogP contribution < -0.4 is 4.90 Å². The lowest BCUT2D eigenvalue weighted by Crippen LogP contribution is -2.42. The summed E-state index contributed by atoms with van der Waals surface area (Å²) in [6.45, 7) is 4.00. The summed E-state index contributed by atoms with van der Waals surface area (Å²) in [6.07, 6.45) is -0.391. The van der Waals surface area contributed by atoms with Crippen molar-refractivity contribution in [3.63, 3.8) is 0 Å². The first kappa shape index (κ1) is 18.7. The number of fused-ring (bicyclic) bond motifs is 1. The quantitative estimate of drug-likeness (QED) is 0.794. The van der Waals surface area contributed by atoms with Gasteiger partial charge in [0.1, 0.15) is 0 Å². The van der Waals surface area contributed by atoms with Crippen molar-refractivity contribution in [2.45, 2.75) is 32.1 Å². The second-order valence-corrected chi connectivity index (χ2v) is 4.97. The minimum atomic E-state index is -1.26. The van der Waals surface area contributed by atoms with Gasteiger partial charge in [-0.1, -0.05) is 32.0 Å². The minimum Gasteiger partial charge on any atom is -0.469 e. The lowest BCUT2D eigenvalue weighted by molar-refractivity contribution is -0.148. The Morgan fingerprint density at radius 2 is 1.52 bits per heavy atom. The molecule has 0 unspecified atom stereocenters. The fourth-order valence-corrected chi connectivity index (χ4v) is 2.76. The summed E-state index contributed by atoms with van der Waals surface area (Å²) in [5, 5.41) is 0. The largest absolute Gasteiger partial charge is 0.469 e. The van der Waals surface area contributed by atoms with E-state index >= 15 is 0 Å². The molecule has 23 heavy (non-hydrogen) atoms. The molecule has 1 heterocycles. The van der Waals surface area contributed by atoms with Crippen molar-refractivity contribution < 1.29 is 23.9 Å². The molecule has 6 heteroatoms. The molecule has 6 nitrogen and oxygen atoms in total. The van der Waals surface area contributed by atoms with Crippen LogP contribution in [-0.2, 0) is 29.3 Å². The van der Waals surface area contributed by atoms with Gasteiger partial charge in [0.15, 0.2) is 0 Å². The molecule has 1 aliphatic heterocycles. The van der Waals surface area contributed by atoms with Gasteiger partial charge < -0.3 is 14.4 Å². The van der Waals surface area contributed by atoms with Crippen LogP contribution in [0.5, 0.6) is 0 Å². The van der Waals surface area contributed by atoms with Gasteiger partial charge in [-0.05, 0) is 11.6 Å². The maximum Gasteiger partial charge on any atom is 0.306 e. The van der Waals surface area contributed by atoms with Crippen molar-refractivity contribution in [3.8, 4) is 0 Å². The molecule has 0 aliphatic carbocycles. The molecule has 0 N–H and O–H groups in total. The average molecular weight is 321 g/mol. The molecular weight excluding hydrogens is 298 g/mol. The minimum absolute atomic E-state index is 0.196.